The van der Waals surface area contributed by atoms with Gasteiger partial charge in [0.05, 0.1) is 4.92 Å². The third kappa shape index (κ3) is 3.40. The van der Waals surface area contributed by atoms with Crippen molar-refractivity contribution < 1.29 is 9.72 Å². The van der Waals surface area contributed by atoms with Crippen molar-refractivity contribution in [2.24, 2.45) is 0 Å². The molecule has 3 rings (SSSR count). The largest absolute Gasteiger partial charge is 0.383 e. The van der Waals surface area contributed by atoms with Crippen LogP contribution in [0, 0.1) is 10.1 Å². The van der Waals surface area contributed by atoms with Crippen molar-refractivity contribution >= 4 is 34.0 Å². The highest BCUT2D eigenvalue weighted by Crippen LogP contribution is 2.26. The van der Waals surface area contributed by atoms with Gasteiger partial charge in [0.1, 0.15) is 5.69 Å². The second-order valence-corrected chi connectivity index (χ2v) is 5.51. The van der Waals surface area contributed by atoms with Gasteiger partial charge in [-0.2, -0.15) is 0 Å². The van der Waals surface area contributed by atoms with Gasteiger partial charge in [0, 0.05) is 18.7 Å². The van der Waals surface area contributed by atoms with Crippen LogP contribution < -0.4 is 5.32 Å². The minimum Gasteiger partial charge on any atom is -0.383 e. The van der Waals surface area contributed by atoms with E-state index < -0.39 is 4.92 Å². The fourth-order valence-electron chi connectivity index (χ4n) is 2.72. The molecule has 3 aromatic rings. The number of anilines is 1. The lowest BCUT2D eigenvalue weighted by atomic mass is 10.0. The van der Waals surface area contributed by atoms with Crippen LogP contribution in [-0.4, -0.2) is 17.8 Å². The summed E-state index contributed by atoms with van der Waals surface area (Å²) in [5, 5.41) is 15.8. The molecule has 0 aliphatic rings. The van der Waals surface area contributed by atoms with Crippen LogP contribution in [0.1, 0.15) is 15.9 Å². The maximum atomic E-state index is 12.5. The Hall–Kier alpha value is -3.47. The summed E-state index contributed by atoms with van der Waals surface area (Å²) in [6, 6.07) is 18.0. The van der Waals surface area contributed by atoms with Gasteiger partial charge in [-0.3, -0.25) is 14.9 Å². The molecule has 5 nitrogen and oxygen atoms in total. The summed E-state index contributed by atoms with van der Waals surface area (Å²) in [4.78, 5) is 23.2. The molecule has 0 radical (unpaired) electrons. The highest BCUT2D eigenvalue weighted by Gasteiger charge is 2.13. The fourth-order valence-corrected chi connectivity index (χ4v) is 2.72. The van der Waals surface area contributed by atoms with Gasteiger partial charge in [0.25, 0.3) is 5.69 Å². The molecule has 124 valence electrons. The summed E-state index contributed by atoms with van der Waals surface area (Å²) in [5.74, 6) is -0.142. The molecule has 5 heteroatoms. The third-order valence-electron chi connectivity index (χ3n) is 3.97. The van der Waals surface area contributed by atoms with Crippen LogP contribution in [0.3, 0.4) is 0 Å². The van der Waals surface area contributed by atoms with Crippen LogP contribution in [-0.2, 0) is 0 Å². The number of rotatable bonds is 5. The number of nitrogens with one attached hydrogen (secondary N) is 1. The first kappa shape index (κ1) is 16.4. The van der Waals surface area contributed by atoms with Gasteiger partial charge in [-0.1, -0.05) is 54.6 Å². The van der Waals surface area contributed by atoms with Gasteiger partial charge in [-0.05, 0) is 28.5 Å². The van der Waals surface area contributed by atoms with Gasteiger partial charge in [-0.15, -0.1) is 0 Å². The average Bonchev–Trinajstić information content (AvgIpc) is 2.65. The fraction of sp³-hybridized carbons (Fsp3) is 0.0500. The number of nitrogens with zero attached hydrogens (tertiary/aromatic N) is 1. The molecule has 0 spiro atoms. The summed E-state index contributed by atoms with van der Waals surface area (Å²) in [6.45, 7) is 0. The summed E-state index contributed by atoms with van der Waals surface area (Å²) in [5.41, 5.74) is 1.61. The summed E-state index contributed by atoms with van der Waals surface area (Å²) < 4.78 is 0. The molecule has 0 aromatic heterocycles. The molecule has 0 fully saturated rings. The van der Waals surface area contributed by atoms with Crippen molar-refractivity contribution in [1.29, 1.82) is 0 Å². The van der Waals surface area contributed by atoms with Crippen molar-refractivity contribution in [3.05, 3.63) is 88.0 Å². The monoisotopic (exact) mass is 332 g/mol. The summed E-state index contributed by atoms with van der Waals surface area (Å²) in [7, 11) is 1.63. The summed E-state index contributed by atoms with van der Waals surface area (Å²) >= 11 is 0. The molecule has 0 bridgehead atoms. The Morgan fingerprint density at radius 2 is 1.84 bits per heavy atom. The lowest BCUT2D eigenvalue weighted by molar-refractivity contribution is -0.383. The first-order valence-corrected chi connectivity index (χ1v) is 7.76. The Balaban J connectivity index is 1.92. The van der Waals surface area contributed by atoms with Crippen molar-refractivity contribution in [1.82, 2.24) is 0 Å². The van der Waals surface area contributed by atoms with Crippen molar-refractivity contribution in [3.8, 4) is 0 Å². The van der Waals surface area contributed by atoms with Crippen LogP contribution in [0.5, 0.6) is 0 Å². The summed E-state index contributed by atoms with van der Waals surface area (Å²) in [6.07, 6.45) is 3.04. The highest BCUT2D eigenvalue weighted by atomic mass is 16.6. The number of hydrogen-bond donors (Lipinski definition) is 1. The van der Waals surface area contributed by atoms with E-state index in [1.54, 1.807) is 31.3 Å². The number of benzene rings is 3. The van der Waals surface area contributed by atoms with E-state index in [0.717, 1.165) is 10.8 Å². The maximum absolute atomic E-state index is 12.5. The second-order valence-electron chi connectivity index (χ2n) is 5.51. The van der Waals surface area contributed by atoms with Crippen LogP contribution in [0.25, 0.3) is 16.8 Å². The highest BCUT2D eigenvalue weighted by molar-refractivity contribution is 6.14. The Morgan fingerprint density at radius 3 is 2.60 bits per heavy atom. The zero-order valence-electron chi connectivity index (χ0n) is 13.6. The zero-order valence-corrected chi connectivity index (χ0v) is 13.6. The van der Waals surface area contributed by atoms with Gasteiger partial charge in [0.2, 0.25) is 0 Å². The number of nitro benzene ring substituents is 1. The van der Waals surface area contributed by atoms with Crippen LogP contribution in [0.2, 0.25) is 0 Å². The molecule has 3 aromatic carbocycles. The first-order valence-electron chi connectivity index (χ1n) is 7.76. The lowest BCUT2D eigenvalue weighted by Crippen LogP contribution is -1.97. The number of allylic oxidation sites excluding steroid dienone is 1. The predicted octanol–water partition coefficient (Wildman–Crippen LogP) is 4.69. The van der Waals surface area contributed by atoms with E-state index >= 15 is 0 Å². The Labute approximate surface area is 144 Å². The van der Waals surface area contributed by atoms with E-state index in [0.29, 0.717) is 16.8 Å². The second kappa shape index (κ2) is 6.97. The van der Waals surface area contributed by atoms with E-state index in [4.69, 9.17) is 0 Å². The number of hydrogen-bond acceptors (Lipinski definition) is 4. The minimum absolute atomic E-state index is 0.0257. The number of carbonyl (C=O) groups is 1. The smallest absolute Gasteiger partial charge is 0.292 e. The first-order chi connectivity index (χ1) is 12.1. The maximum Gasteiger partial charge on any atom is 0.292 e. The molecular weight excluding hydrogens is 316 g/mol. The van der Waals surface area contributed by atoms with Gasteiger partial charge in [0.15, 0.2) is 5.78 Å². The molecule has 0 saturated heterocycles. The average molecular weight is 332 g/mol. The van der Waals surface area contributed by atoms with Crippen LogP contribution in [0.4, 0.5) is 11.4 Å². The van der Waals surface area contributed by atoms with Gasteiger partial charge < -0.3 is 5.32 Å². The molecule has 0 unspecified atom stereocenters. The van der Waals surface area contributed by atoms with Crippen LogP contribution >= 0.6 is 0 Å². The van der Waals surface area contributed by atoms with Crippen molar-refractivity contribution in [2.75, 3.05) is 12.4 Å². The SMILES string of the molecule is CNc1ccc(/C=C/C(=O)c2cccc3ccccc23)cc1[N+](=O)[O-]. The zero-order chi connectivity index (χ0) is 17.8. The topological polar surface area (TPSA) is 72.2 Å². The molecule has 0 atom stereocenters. The van der Waals surface area contributed by atoms with Crippen molar-refractivity contribution in [2.45, 2.75) is 0 Å². The van der Waals surface area contributed by atoms with E-state index in [2.05, 4.69) is 5.32 Å². The van der Waals surface area contributed by atoms with Crippen molar-refractivity contribution in [3.63, 3.8) is 0 Å². The number of fused-ring (bicyclic) bond motifs is 1. The van der Waals surface area contributed by atoms with Gasteiger partial charge in [-0.25, -0.2) is 0 Å². The number of carbonyl (C=O) groups excluding carboxylic acids is 1. The molecular formula is C20H16N2O3. The van der Waals surface area contributed by atoms with E-state index in [-0.39, 0.29) is 11.5 Å². The number of nitro groups is 1. The van der Waals surface area contributed by atoms with Crippen LogP contribution in [0.15, 0.2) is 66.7 Å². The van der Waals surface area contributed by atoms with E-state index in [1.165, 1.54) is 12.1 Å². The number of ketones is 1. The predicted molar refractivity (Wildman–Crippen MR) is 100.0 cm³/mol. The molecule has 0 aliphatic heterocycles. The minimum atomic E-state index is -0.449. The normalized spacial score (nSPS) is 10.9. The molecule has 0 heterocycles. The Kier molecular flexibility index (Phi) is 4.57. The molecule has 0 amide bonds. The molecule has 0 aliphatic carbocycles. The Bertz CT molecular complexity index is 988. The lowest BCUT2D eigenvalue weighted by Gasteiger charge is -2.04. The van der Waals surface area contributed by atoms with E-state index in [1.807, 2.05) is 36.4 Å². The third-order valence-corrected chi connectivity index (χ3v) is 3.97. The molecule has 1 N–H and O–H groups in total. The molecule has 25 heavy (non-hydrogen) atoms. The van der Waals surface area contributed by atoms with E-state index in [9.17, 15) is 14.9 Å². The quantitative estimate of drug-likeness (QED) is 0.318. The Morgan fingerprint density at radius 1 is 1.08 bits per heavy atom. The van der Waals surface area contributed by atoms with Gasteiger partial charge >= 0.3 is 0 Å². The standard InChI is InChI=1S/C20H16N2O3/c1-21-18-11-9-14(13-19(18)22(24)25)10-12-20(23)17-8-4-6-15-5-2-3-7-16(15)17/h2-13,21H,1H3/b12-10+. The molecule has 0 saturated carbocycles.